The molecule has 8 heteroatoms. The average Bonchev–Trinajstić information content (AvgIpc) is 2.77. The van der Waals surface area contributed by atoms with Gasteiger partial charge in [0.2, 0.25) is 0 Å². The van der Waals surface area contributed by atoms with Gasteiger partial charge in [-0.1, -0.05) is 16.8 Å². The van der Waals surface area contributed by atoms with Crippen molar-refractivity contribution in [3.8, 4) is 5.69 Å². The van der Waals surface area contributed by atoms with Crippen LogP contribution < -0.4 is 0 Å². The number of halogens is 4. The van der Waals surface area contributed by atoms with E-state index in [-0.39, 0.29) is 23.7 Å². The second-order valence-corrected chi connectivity index (χ2v) is 4.22. The van der Waals surface area contributed by atoms with Crippen LogP contribution in [-0.4, -0.2) is 26.7 Å². The highest BCUT2D eigenvalue weighted by molar-refractivity contribution is 6.30. The van der Waals surface area contributed by atoms with Gasteiger partial charge in [-0.15, -0.1) is 5.10 Å². The van der Waals surface area contributed by atoms with Gasteiger partial charge in [0, 0.05) is 18.1 Å². The Labute approximate surface area is 111 Å². The van der Waals surface area contributed by atoms with Gasteiger partial charge in [-0.3, -0.25) is 0 Å². The maximum absolute atomic E-state index is 12.9. The van der Waals surface area contributed by atoms with Crippen molar-refractivity contribution in [1.82, 2.24) is 15.0 Å². The minimum Gasteiger partial charge on any atom is -0.396 e. The van der Waals surface area contributed by atoms with Crippen LogP contribution in [0.15, 0.2) is 24.4 Å². The molecule has 0 amide bonds. The molecule has 0 aliphatic heterocycles. The Balaban J connectivity index is 2.48. The van der Waals surface area contributed by atoms with Crippen molar-refractivity contribution in [3.05, 3.63) is 40.7 Å². The van der Waals surface area contributed by atoms with E-state index in [0.717, 1.165) is 10.7 Å². The largest absolute Gasteiger partial charge is 0.418 e. The third-order valence-electron chi connectivity index (χ3n) is 2.42. The first-order chi connectivity index (χ1) is 8.91. The summed E-state index contributed by atoms with van der Waals surface area (Å²) in [4.78, 5) is 0. The molecule has 0 unspecified atom stereocenters. The standard InChI is InChI=1S/C11H9ClF3N3O/c12-7-1-2-10(9(5-7)11(13,14)15)18-6-8(3-4-19)16-17-18/h1-2,5-6,19H,3-4H2. The molecule has 0 saturated heterocycles. The molecule has 1 heterocycles. The Kier molecular flexibility index (Phi) is 3.77. The van der Waals surface area contributed by atoms with Crippen molar-refractivity contribution in [3.63, 3.8) is 0 Å². The van der Waals surface area contributed by atoms with E-state index in [1.165, 1.54) is 18.3 Å². The van der Waals surface area contributed by atoms with Crippen molar-refractivity contribution in [2.24, 2.45) is 0 Å². The average molecular weight is 292 g/mol. The number of rotatable bonds is 3. The first kappa shape index (κ1) is 13.8. The van der Waals surface area contributed by atoms with Crippen LogP contribution in [-0.2, 0) is 12.6 Å². The van der Waals surface area contributed by atoms with Gasteiger partial charge in [0.25, 0.3) is 0 Å². The lowest BCUT2D eigenvalue weighted by molar-refractivity contribution is -0.137. The molecule has 0 aliphatic rings. The molecule has 0 fully saturated rings. The summed E-state index contributed by atoms with van der Waals surface area (Å²) >= 11 is 5.59. The molecule has 1 aromatic heterocycles. The SMILES string of the molecule is OCCc1cn(-c2ccc(Cl)cc2C(F)(F)F)nn1. The third-order valence-corrected chi connectivity index (χ3v) is 2.65. The van der Waals surface area contributed by atoms with Gasteiger partial charge in [-0.05, 0) is 18.2 Å². The van der Waals surface area contributed by atoms with Crippen LogP contribution in [0.1, 0.15) is 11.3 Å². The number of aromatic nitrogens is 3. The lowest BCUT2D eigenvalue weighted by Gasteiger charge is -2.12. The van der Waals surface area contributed by atoms with Crippen molar-refractivity contribution in [2.45, 2.75) is 12.6 Å². The Morgan fingerprint density at radius 2 is 2.05 bits per heavy atom. The number of hydrogen-bond donors (Lipinski definition) is 1. The molecule has 0 atom stereocenters. The van der Waals surface area contributed by atoms with Gasteiger partial charge < -0.3 is 5.11 Å². The highest BCUT2D eigenvalue weighted by Gasteiger charge is 2.34. The minimum atomic E-state index is -4.54. The maximum Gasteiger partial charge on any atom is 0.418 e. The molecule has 0 bridgehead atoms. The van der Waals surface area contributed by atoms with E-state index in [0.29, 0.717) is 5.69 Å². The summed E-state index contributed by atoms with van der Waals surface area (Å²) in [6.45, 7) is -0.147. The Hall–Kier alpha value is -1.60. The van der Waals surface area contributed by atoms with Crippen LogP contribution in [0.25, 0.3) is 5.69 Å². The van der Waals surface area contributed by atoms with Gasteiger partial charge in [0.15, 0.2) is 0 Å². The molecule has 102 valence electrons. The van der Waals surface area contributed by atoms with E-state index in [4.69, 9.17) is 16.7 Å². The van der Waals surface area contributed by atoms with Crippen molar-refractivity contribution in [2.75, 3.05) is 6.61 Å². The smallest absolute Gasteiger partial charge is 0.396 e. The number of aliphatic hydroxyl groups is 1. The summed E-state index contributed by atoms with van der Waals surface area (Å²) in [6, 6.07) is 3.41. The molecular weight excluding hydrogens is 283 g/mol. The molecule has 2 rings (SSSR count). The number of hydrogen-bond acceptors (Lipinski definition) is 3. The van der Waals surface area contributed by atoms with E-state index in [9.17, 15) is 13.2 Å². The third kappa shape index (κ3) is 3.05. The Bertz CT molecular complexity index is 583. The summed E-state index contributed by atoms with van der Waals surface area (Å²) in [5.74, 6) is 0. The van der Waals surface area contributed by atoms with E-state index in [1.54, 1.807) is 0 Å². The summed E-state index contributed by atoms with van der Waals surface area (Å²) in [5, 5.41) is 16.0. The van der Waals surface area contributed by atoms with E-state index < -0.39 is 11.7 Å². The maximum atomic E-state index is 12.9. The fraction of sp³-hybridized carbons (Fsp3) is 0.273. The van der Waals surface area contributed by atoms with Crippen molar-refractivity contribution in [1.29, 1.82) is 0 Å². The molecule has 0 saturated carbocycles. The Morgan fingerprint density at radius 1 is 1.32 bits per heavy atom. The fourth-order valence-electron chi connectivity index (χ4n) is 1.58. The van der Waals surface area contributed by atoms with Gasteiger partial charge in [-0.2, -0.15) is 13.2 Å². The van der Waals surface area contributed by atoms with Gasteiger partial charge >= 0.3 is 6.18 Å². The van der Waals surface area contributed by atoms with Crippen LogP contribution in [0.2, 0.25) is 5.02 Å². The molecule has 1 aromatic carbocycles. The van der Waals surface area contributed by atoms with Crippen molar-refractivity contribution < 1.29 is 18.3 Å². The molecule has 0 spiro atoms. The highest BCUT2D eigenvalue weighted by atomic mass is 35.5. The van der Waals surface area contributed by atoms with Crippen LogP contribution in [0.4, 0.5) is 13.2 Å². The van der Waals surface area contributed by atoms with Crippen LogP contribution in [0.5, 0.6) is 0 Å². The number of aliphatic hydroxyl groups excluding tert-OH is 1. The first-order valence-corrected chi connectivity index (χ1v) is 5.69. The lowest BCUT2D eigenvalue weighted by Crippen LogP contribution is -2.11. The first-order valence-electron chi connectivity index (χ1n) is 5.31. The zero-order valence-corrected chi connectivity index (χ0v) is 10.3. The molecule has 0 aliphatic carbocycles. The lowest BCUT2D eigenvalue weighted by atomic mass is 10.1. The molecular formula is C11H9ClF3N3O. The highest BCUT2D eigenvalue weighted by Crippen LogP contribution is 2.35. The van der Waals surface area contributed by atoms with Crippen LogP contribution in [0.3, 0.4) is 0 Å². The van der Waals surface area contributed by atoms with E-state index >= 15 is 0 Å². The zero-order valence-electron chi connectivity index (χ0n) is 9.52. The molecule has 1 N–H and O–H groups in total. The predicted octanol–water partition coefficient (Wildman–Crippen LogP) is 2.47. The summed E-state index contributed by atoms with van der Waals surface area (Å²) in [7, 11) is 0. The number of alkyl halides is 3. The molecule has 4 nitrogen and oxygen atoms in total. The van der Waals surface area contributed by atoms with Crippen LogP contribution in [0, 0.1) is 0 Å². The zero-order chi connectivity index (χ0) is 14.0. The van der Waals surface area contributed by atoms with Gasteiger partial charge in [-0.25, -0.2) is 4.68 Å². The number of benzene rings is 1. The quantitative estimate of drug-likeness (QED) is 0.945. The monoisotopic (exact) mass is 291 g/mol. The second kappa shape index (κ2) is 5.18. The molecule has 0 radical (unpaired) electrons. The minimum absolute atomic E-state index is 0.00762. The predicted molar refractivity (Wildman–Crippen MR) is 62.2 cm³/mol. The van der Waals surface area contributed by atoms with E-state index in [1.807, 2.05) is 0 Å². The molecule has 19 heavy (non-hydrogen) atoms. The van der Waals surface area contributed by atoms with Gasteiger partial charge in [0.1, 0.15) is 0 Å². The Morgan fingerprint density at radius 3 is 2.68 bits per heavy atom. The van der Waals surface area contributed by atoms with E-state index in [2.05, 4.69) is 10.3 Å². The topological polar surface area (TPSA) is 50.9 Å². The summed E-state index contributed by atoms with van der Waals surface area (Å²) in [6.07, 6.45) is -2.97. The normalized spacial score (nSPS) is 11.8. The summed E-state index contributed by atoms with van der Waals surface area (Å²) < 4.78 is 39.7. The van der Waals surface area contributed by atoms with Crippen molar-refractivity contribution >= 4 is 11.6 Å². The van der Waals surface area contributed by atoms with Crippen LogP contribution >= 0.6 is 11.6 Å². The second-order valence-electron chi connectivity index (χ2n) is 3.79. The summed E-state index contributed by atoms with van der Waals surface area (Å²) in [5.41, 5.74) is -0.639. The molecule has 2 aromatic rings. The fourth-order valence-corrected chi connectivity index (χ4v) is 1.75. The number of nitrogens with zero attached hydrogens (tertiary/aromatic N) is 3. The van der Waals surface area contributed by atoms with Gasteiger partial charge in [0.05, 0.1) is 23.1 Å².